The first-order valence-electron chi connectivity index (χ1n) is 8.99. The summed E-state index contributed by atoms with van der Waals surface area (Å²) in [7, 11) is 0. The van der Waals surface area contributed by atoms with Crippen LogP contribution in [0.3, 0.4) is 0 Å². The zero-order chi connectivity index (χ0) is 19.7. The average molecular weight is 394 g/mol. The zero-order valence-corrected chi connectivity index (χ0v) is 15.7. The number of benzene rings is 2. The van der Waals surface area contributed by atoms with E-state index in [4.69, 9.17) is 11.6 Å². The van der Waals surface area contributed by atoms with E-state index in [1.54, 1.807) is 12.1 Å². The Kier molecular flexibility index (Phi) is 4.89. The lowest BCUT2D eigenvalue weighted by Crippen LogP contribution is -2.26. The van der Waals surface area contributed by atoms with E-state index in [1.165, 1.54) is 12.1 Å². The summed E-state index contributed by atoms with van der Waals surface area (Å²) in [5.74, 6) is -0.724. The Morgan fingerprint density at radius 1 is 1.32 bits per heavy atom. The minimum absolute atomic E-state index is 0.0783. The molecule has 6 heteroatoms. The number of nitrogens with zero attached hydrogens (tertiary/aromatic N) is 2. The quantitative estimate of drug-likeness (QED) is 0.506. The van der Waals surface area contributed by atoms with Crippen LogP contribution in [0.25, 0.3) is 17.0 Å². The summed E-state index contributed by atoms with van der Waals surface area (Å²) in [4.78, 5) is 12.3. The Morgan fingerprint density at radius 3 is 2.82 bits per heavy atom. The van der Waals surface area contributed by atoms with Gasteiger partial charge >= 0.3 is 0 Å². The first kappa shape index (κ1) is 18.3. The van der Waals surface area contributed by atoms with Crippen molar-refractivity contribution in [2.45, 2.75) is 25.4 Å². The predicted octanol–water partition coefficient (Wildman–Crippen LogP) is 4.67. The molecule has 0 aliphatic heterocycles. The van der Waals surface area contributed by atoms with E-state index in [9.17, 15) is 14.4 Å². The maximum absolute atomic E-state index is 13.3. The molecule has 28 heavy (non-hydrogen) atoms. The number of hydrogen-bond donors (Lipinski definition) is 1. The third-order valence-corrected chi connectivity index (χ3v) is 5.10. The lowest BCUT2D eigenvalue weighted by molar-refractivity contribution is -0.117. The summed E-state index contributed by atoms with van der Waals surface area (Å²) in [6.07, 6.45) is 5.42. The van der Waals surface area contributed by atoms with Crippen LogP contribution < -0.4 is 5.32 Å². The molecule has 2 aromatic carbocycles. The van der Waals surface area contributed by atoms with Crippen LogP contribution in [-0.2, 0) is 11.3 Å². The van der Waals surface area contributed by atoms with Gasteiger partial charge in [0, 0.05) is 40.3 Å². The van der Waals surface area contributed by atoms with Crippen LogP contribution in [0, 0.1) is 17.1 Å². The Bertz CT molecular complexity index is 1140. The number of rotatable bonds is 5. The second-order valence-corrected chi connectivity index (χ2v) is 7.29. The Hall–Kier alpha value is -3.10. The standard InChI is InChI=1S/C22H17ClFN3O/c23-20-10-17(24)6-5-14(20)12-27-13-16(19-3-1-2-4-21(19)27)9-15(11-25)22(28)26-18-7-8-18/h1-6,9-10,13,18H,7-8,12H2,(H,26,28)/b15-9+. The monoisotopic (exact) mass is 393 g/mol. The molecular weight excluding hydrogens is 377 g/mol. The number of para-hydroxylation sites is 1. The van der Waals surface area contributed by atoms with Crippen molar-refractivity contribution in [2.24, 2.45) is 0 Å². The van der Waals surface area contributed by atoms with E-state index in [0.29, 0.717) is 11.6 Å². The van der Waals surface area contributed by atoms with Crippen molar-refractivity contribution in [1.82, 2.24) is 9.88 Å². The van der Waals surface area contributed by atoms with Crippen LogP contribution in [0.15, 0.2) is 54.2 Å². The topological polar surface area (TPSA) is 57.8 Å². The summed E-state index contributed by atoms with van der Waals surface area (Å²) < 4.78 is 15.3. The number of nitrogens with one attached hydrogen (secondary N) is 1. The second-order valence-electron chi connectivity index (χ2n) is 6.88. The SMILES string of the molecule is N#C/C(=C\c1cn(Cc2ccc(F)cc2Cl)c2ccccc12)C(=O)NC1CC1. The van der Waals surface area contributed by atoms with Gasteiger partial charge in [-0.3, -0.25) is 4.79 Å². The van der Waals surface area contributed by atoms with E-state index in [0.717, 1.165) is 34.9 Å². The molecule has 1 aromatic heterocycles. The van der Waals surface area contributed by atoms with Crippen molar-refractivity contribution < 1.29 is 9.18 Å². The molecule has 0 saturated heterocycles. The first-order chi connectivity index (χ1) is 13.5. The maximum atomic E-state index is 13.3. The highest BCUT2D eigenvalue weighted by Crippen LogP contribution is 2.27. The Morgan fingerprint density at radius 2 is 2.11 bits per heavy atom. The van der Waals surface area contributed by atoms with Crippen LogP contribution >= 0.6 is 11.6 Å². The highest BCUT2D eigenvalue weighted by Gasteiger charge is 2.25. The van der Waals surface area contributed by atoms with Crippen molar-refractivity contribution in [3.63, 3.8) is 0 Å². The van der Waals surface area contributed by atoms with E-state index in [-0.39, 0.29) is 23.3 Å². The van der Waals surface area contributed by atoms with Crippen LogP contribution in [0.4, 0.5) is 4.39 Å². The molecule has 1 heterocycles. The van der Waals surface area contributed by atoms with E-state index >= 15 is 0 Å². The predicted molar refractivity (Wildman–Crippen MR) is 107 cm³/mol. The summed E-state index contributed by atoms with van der Waals surface area (Å²) in [6, 6.07) is 14.2. The number of amides is 1. The normalized spacial score (nSPS) is 14.1. The number of hydrogen-bond acceptors (Lipinski definition) is 2. The zero-order valence-electron chi connectivity index (χ0n) is 15.0. The molecular formula is C22H17ClFN3O. The molecule has 140 valence electrons. The molecule has 0 spiro atoms. The van der Waals surface area contributed by atoms with Crippen LogP contribution in [-0.4, -0.2) is 16.5 Å². The third kappa shape index (κ3) is 3.78. The number of carbonyl (C=O) groups excluding carboxylic acids is 1. The molecule has 1 fully saturated rings. The summed E-state index contributed by atoms with van der Waals surface area (Å²) >= 11 is 6.18. The van der Waals surface area contributed by atoms with Gasteiger partial charge in [-0.1, -0.05) is 35.9 Å². The van der Waals surface area contributed by atoms with Crippen LogP contribution in [0.5, 0.6) is 0 Å². The van der Waals surface area contributed by atoms with Gasteiger partial charge in [0.1, 0.15) is 17.5 Å². The van der Waals surface area contributed by atoms with Crippen molar-refractivity contribution >= 4 is 34.5 Å². The fraction of sp³-hybridized carbons (Fsp3) is 0.182. The molecule has 1 aliphatic rings. The Balaban J connectivity index is 1.72. The van der Waals surface area contributed by atoms with E-state index in [2.05, 4.69) is 5.32 Å². The van der Waals surface area contributed by atoms with Crippen molar-refractivity contribution in [3.05, 3.63) is 76.2 Å². The van der Waals surface area contributed by atoms with Gasteiger partial charge in [0.05, 0.1) is 0 Å². The first-order valence-corrected chi connectivity index (χ1v) is 9.37. The molecule has 1 saturated carbocycles. The van der Waals surface area contributed by atoms with Gasteiger partial charge in [-0.05, 0) is 42.7 Å². The summed E-state index contributed by atoms with van der Waals surface area (Å²) in [6.45, 7) is 0.448. The molecule has 1 N–H and O–H groups in total. The van der Waals surface area contributed by atoms with E-state index in [1.807, 2.05) is 41.1 Å². The molecule has 0 radical (unpaired) electrons. The average Bonchev–Trinajstić information content (AvgIpc) is 3.43. The third-order valence-electron chi connectivity index (χ3n) is 4.75. The van der Waals surface area contributed by atoms with E-state index < -0.39 is 0 Å². The number of carbonyl (C=O) groups is 1. The largest absolute Gasteiger partial charge is 0.349 e. The van der Waals surface area contributed by atoms with Gasteiger partial charge in [0.25, 0.3) is 5.91 Å². The Labute approximate surface area is 166 Å². The molecule has 1 aliphatic carbocycles. The number of fused-ring (bicyclic) bond motifs is 1. The molecule has 4 nitrogen and oxygen atoms in total. The smallest absolute Gasteiger partial charge is 0.262 e. The van der Waals surface area contributed by atoms with Gasteiger partial charge in [-0.15, -0.1) is 0 Å². The summed E-state index contributed by atoms with van der Waals surface area (Å²) in [5.41, 5.74) is 2.58. The molecule has 0 bridgehead atoms. The molecule has 0 unspecified atom stereocenters. The van der Waals surface area contributed by atoms with Gasteiger partial charge in [0.2, 0.25) is 0 Å². The molecule has 1 amide bonds. The minimum Gasteiger partial charge on any atom is -0.349 e. The minimum atomic E-state index is -0.380. The maximum Gasteiger partial charge on any atom is 0.262 e. The lowest BCUT2D eigenvalue weighted by Gasteiger charge is -2.07. The highest BCUT2D eigenvalue weighted by atomic mass is 35.5. The number of halogens is 2. The lowest BCUT2D eigenvalue weighted by atomic mass is 10.1. The second kappa shape index (κ2) is 7.49. The molecule has 0 atom stereocenters. The van der Waals surface area contributed by atoms with Crippen molar-refractivity contribution in [1.29, 1.82) is 5.26 Å². The number of nitriles is 1. The molecule has 3 aromatic rings. The molecule has 4 rings (SSSR count). The van der Waals surface area contributed by atoms with Gasteiger partial charge in [0.15, 0.2) is 0 Å². The fourth-order valence-corrected chi connectivity index (χ4v) is 3.38. The van der Waals surface area contributed by atoms with Gasteiger partial charge in [-0.25, -0.2) is 4.39 Å². The number of aromatic nitrogens is 1. The van der Waals surface area contributed by atoms with Crippen molar-refractivity contribution in [2.75, 3.05) is 0 Å². The van der Waals surface area contributed by atoms with Gasteiger partial charge < -0.3 is 9.88 Å². The van der Waals surface area contributed by atoms with Crippen LogP contribution in [0.2, 0.25) is 5.02 Å². The van der Waals surface area contributed by atoms with Crippen LogP contribution in [0.1, 0.15) is 24.0 Å². The summed E-state index contributed by atoms with van der Waals surface area (Å²) in [5, 5.41) is 13.6. The van der Waals surface area contributed by atoms with Crippen molar-refractivity contribution in [3.8, 4) is 6.07 Å². The van der Waals surface area contributed by atoms with Gasteiger partial charge in [-0.2, -0.15) is 5.26 Å². The highest BCUT2D eigenvalue weighted by molar-refractivity contribution is 6.31. The fourth-order valence-electron chi connectivity index (χ4n) is 3.15.